The molecule has 0 spiro atoms. The van der Waals surface area contributed by atoms with Crippen molar-refractivity contribution in [2.24, 2.45) is 10.9 Å². The first-order valence-corrected chi connectivity index (χ1v) is 5.39. The minimum absolute atomic E-state index is 0.0572. The van der Waals surface area contributed by atoms with E-state index in [9.17, 15) is 0 Å². The third kappa shape index (κ3) is 2.98. The van der Waals surface area contributed by atoms with Crippen LogP contribution < -0.4 is 10.5 Å². The van der Waals surface area contributed by atoms with E-state index in [0.29, 0.717) is 17.9 Å². The summed E-state index contributed by atoms with van der Waals surface area (Å²) in [6.07, 6.45) is 3.45. The van der Waals surface area contributed by atoms with Crippen LogP contribution in [0.2, 0.25) is 0 Å². The number of amidine groups is 1. The van der Waals surface area contributed by atoms with E-state index in [4.69, 9.17) is 15.7 Å². The van der Waals surface area contributed by atoms with E-state index >= 15 is 0 Å². The molecule has 0 saturated heterocycles. The van der Waals surface area contributed by atoms with Gasteiger partial charge in [0.25, 0.3) is 0 Å². The van der Waals surface area contributed by atoms with Crippen molar-refractivity contribution in [3.05, 3.63) is 59.9 Å². The third-order valence-corrected chi connectivity index (χ3v) is 2.37. The SMILES string of the molecule is NC(=NO)c1cccc(OCc2cccnc2)c1. The molecule has 1 aromatic heterocycles. The van der Waals surface area contributed by atoms with Crippen molar-refractivity contribution in [3.8, 4) is 5.75 Å². The van der Waals surface area contributed by atoms with Crippen molar-refractivity contribution in [3.63, 3.8) is 0 Å². The molecule has 0 aliphatic rings. The van der Waals surface area contributed by atoms with E-state index in [1.165, 1.54) is 0 Å². The summed E-state index contributed by atoms with van der Waals surface area (Å²) >= 11 is 0. The Balaban J connectivity index is 2.06. The van der Waals surface area contributed by atoms with Gasteiger partial charge in [0.1, 0.15) is 12.4 Å². The molecule has 0 unspecified atom stereocenters. The zero-order chi connectivity index (χ0) is 12.8. The number of rotatable bonds is 4. The smallest absolute Gasteiger partial charge is 0.170 e. The fourth-order valence-corrected chi connectivity index (χ4v) is 1.45. The van der Waals surface area contributed by atoms with Crippen LogP contribution in [0.3, 0.4) is 0 Å². The van der Waals surface area contributed by atoms with E-state index in [0.717, 1.165) is 5.56 Å². The second-order valence-electron chi connectivity index (χ2n) is 3.66. The van der Waals surface area contributed by atoms with Crippen LogP contribution in [0.25, 0.3) is 0 Å². The second kappa shape index (κ2) is 5.67. The van der Waals surface area contributed by atoms with Crippen LogP contribution in [-0.2, 0) is 6.61 Å². The third-order valence-electron chi connectivity index (χ3n) is 2.37. The Kier molecular flexibility index (Phi) is 3.76. The van der Waals surface area contributed by atoms with E-state index in [1.54, 1.807) is 30.6 Å². The Morgan fingerprint density at radius 3 is 2.94 bits per heavy atom. The Labute approximate surface area is 105 Å². The molecule has 0 saturated carbocycles. The standard InChI is InChI=1S/C13H13N3O2/c14-13(16-17)11-4-1-5-12(7-11)18-9-10-3-2-6-15-8-10/h1-8,17H,9H2,(H2,14,16). The van der Waals surface area contributed by atoms with Gasteiger partial charge in [-0.15, -0.1) is 0 Å². The summed E-state index contributed by atoms with van der Waals surface area (Å²) in [6, 6.07) is 10.8. The Hall–Kier alpha value is -2.56. The lowest BCUT2D eigenvalue weighted by molar-refractivity contribution is 0.305. The monoisotopic (exact) mass is 243 g/mol. The Bertz CT molecular complexity index is 541. The van der Waals surface area contributed by atoms with Crippen molar-refractivity contribution < 1.29 is 9.94 Å². The van der Waals surface area contributed by atoms with Crippen LogP contribution in [-0.4, -0.2) is 16.0 Å². The predicted octanol–water partition coefficient (Wildman–Crippen LogP) is 1.76. The molecular formula is C13H13N3O2. The summed E-state index contributed by atoms with van der Waals surface area (Å²) in [5, 5.41) is 11.5. The summed E-state index contributed by atoms with van der Waals surface area (Å²) in [6.45, 7) is 0.424. The lowest BCUT2D eigenvalue weighted by Crippen LogP contribution is -2.12. The average molecular weight is 243 g/mol. The average Bonchev–Trinajstić information content (AvgIpc) is 2.45. The van der Waals surface area contributed by atoms with Gasteiger partial charge in [-0.25, -0.2) is 0 Å². The van der Waals surface area contributed by atoms with E-state index < -0.39 is 0 Å². The Morgan fingerprint density at radius 1 is 1.33 bits per heavy atom. The molecule has 0 atom stereocenters. The molecular weight excluding hydrogens is 230 g/mol. The molecule has 0 radical (unpaired) electrons. The fourth-order valence-electron chi connectivity index (χ4n) is 1.45. The highest BCUT2D eigenvalue weighted by Crippen LogP contribution is 2.14. The van der Waals surface area contributed by atoms with Crippen molar-refractivity contribution in [2.45, 2.75) is 6.61 Å². The number of hydrogen-bond donors (Lipinski definition) is 2. The molecule has 0 fully saturated rings. The highest BCUT2D eigenvalue weighted by Gasteiger charge is 2.01. The van der Waals surface area contributed by atoms with Gasteiger partial charge in [0, 0.05) is 23.5 Å². The first-order chi connectivity index (χ1) is 8.79. The maximum Gasteiger partial charge on any atom is 0.170 e. The minimum atomic E-state index is 0.0572. The molecule has 18 heavy (non-hydrogen) atoms. The maximum absolute atomic E-state index is 8.60. The maximum atomic E-state index is 8.60. The van der Waals surface area contributed by atoms with Gasteiger partial charge in [-0.05, 0) is 18.2 Å². The van der Waals surface area contributed by atoms with Gasteiger partial charge in [-0.1, -0.05) is 23.4 Å². The molecule has 0 aliphatic carbocycles. The van der Waals surface area contributed by atoms with Gasteiger partial charge < -0.3 is 15.7 Å². The molecule has 2 rings (SSSR count). The predicted molar refractivity (Wildman–Crippen MR) is 67.5 cm³/mol. The fraction of sp³-hybridized carbons (Fsp3) is 0.0769. The largest absolute Gasteiger partial charge is 0.489 e. The molecule has 0 amide bonds. The van der Waals surface area contributed by atoms with Crippen LogP contribution in [0, 0.1) is 0 Å². The van der Waals surface area contributed by atoms with Crippen LogP contribution in [0.5, 0.6) is 5.75 Å². The number of hydrogen-bond acceptors (Lipinski definition) is 4. The number of oxime groups is 1. The quantitative estimate of drug-likeness (QED) is 0.371. The number of nitrogens with two attached hydrogens (primary N) is 1. The van der Waals surface area contributed by atoms with Crippen LogP contribution in [0.15, 0.2) is 53.9 Å². The van der Waals surface area contributed by atoms with Crippen LogP contribution in [0.4, 0.5) is 0 Å². The molecule has 1 aromatic carbocycles. The highest BCUT2D eigenvalue weighted by atomic mass is 16.5. The van der Waals surface area contributed by atoms with E-state index in [1.807, 2.05) is 18.2 Å². The minimum Gasteiger partial charge on any atom is -0.489 e. The van der Waals surface area contributed by atoms with E-state index in [2.05, 4.69) is 10.1 Å². The van der Waals surface area contributed by atoms with Crippen molar-refractivity contribution in [1.29, 1.82) is 0 Å². The Morgan fingerprint density at radius 2 is 2.22 bits per heavy atom. The number of ether oxygens (including phenoxy) is 1. The molecule has 5 nitrogen and oxygen atoms in total. The molecule has 2 aromatic rings. The normalized spacial score (nSPS) is 11.2. The van der Waals surface area contributed by atoms with Gasteiger partial charge >= 0.3 is 0 Å². The van der Waals surface area contributed by atoms with Gasteiger partial charge in [0.2, 0.25) is 0 Å². The lowest BCUT2D eigenvalue weighted by Gasteiger charge is -2.07. The van der Waals surface area contributed by atoms with Gasteiger partial charge in [-0.2, -0.15) is 0 Å². The van der Waals surface area contributed by atoms with Crippen molar-refractivity contribution >= 4 is 5.84 Å². The summed E-state index contributed by atoms with van der Waals surface area (Å²) in [7, 11) is 0. The second-order valence-corrected chi connectivity index (χ2v) is 3.66. The zero-order valence-electron chi connectivity index (χ0n) is 9.65. The first-order valence-electron chi connectivity index (χ1n) is 5.39. The molecule has 1 heterocycles. The summed E-state index contributed by atoms with van der Waals surface area (Å²) < 4.78 is 5.60. The number of pyridine rings is 1. The lowest BCUT2D eigenvalue weighted by atomic mass is 10.2. The summed E-state index contributed by atoms with van der Waals surface area (Å²) in [5.41, 5.74) is 7.10. The first kappa shape index (κ1) is 11.9. The summed E-state index contributed by atoms with van der Waals surface area (Å²) in [4.78, 5) is 4.00. The molecule has 3 N–H and O–H groups in total. The number of nitrogens with zero attached hydrogens (tertiary/aromatic N) is 2. The summed E-state index contributed by atoms with van der Waals surface area (Å²) in [5.74, 6) is 0.713. The topological polar surface area (TPSA) is 80.7 Å². The molecule has 0 aliphatic heterocycles. The zero-order valence-corrected chi connectivity index (χ0v) is 9.65. The number of benzene rings is 1. The van der Waals surface area contributed by atoms with Gasteiger partial charge in [0.05, 0.1) is 0 Å². The molecule has 5 heteroatoms. The molecule has 92 valence electrons. The van der Waals surface area contributed by atoms with Crippen molar-refractivity contribution in [1.82, 2.24) is 4.98 Å². The molecule has 0 bridgehead atoms. The van der Waals surface area contributed by atoms with Crippen molar-refractivity contribution in [2.75, 3.05) is 0 Å². The van der Waals surface area contributed by atoms with Gasteiger partial charge in [0.15, 0.2) is 5.84 Å². The van der Waals surface area contributed by atoms with Crippen LogP contribution >= 0.6 is 0 Å². The van der Waals surface area contributed by atoms with Gasteiger partial charge in [-0.3, -0.25) is 4.98 Å². The van der Waals surface area contributed by atoms with Crippen LogP contribution in [0.1, 0.15) is 11.1 Å². The number of aromatic nitrogens is 1. The van der Waals surface area contributed by atoms with E-state index in [-0.39, 0.29) is 5.84 Å². The highest BCUT2D eigenvalue weighted by molar-refractivity contribution is 5.97.